The van der Waals surface area contributed by atoms with Crippen LogP contribution in [-0.2, 0) is 11.2 Å². The van der Waals surface area contributed by atoms with Crippen LogP contribution in [0.15, 0.2) is 18.2 Å². The molecule has 0 saturated carbocycles. The summed E-state index contributed by atoms with van der Waals surface area (Å²) in [7, 11) is 1.60. The Balaban J connectivity index is 1.66. The molecule has 23 heavy (non-hydrogen) atoms. The predicted octanol–water partition coefficient (Wildman–Crippen LogP) is 0.592. The lowest BCUT2D eigenvalue weighted by Gasteiger charge is -2.39. The number of carbonyl (C=O) groups excluding carboxylic acids is 1. The maximum atomic E-state index is 12.7. The lowest BCUT2D eigenvalue weighted by molar-refractivity contribution is -0.142. The number of para-hydroxylation sites is 1. The van der Waals surface area contributed by atoms with Gasteiger partial charge >= 0.3 is 0 Å². The standard InChI is InChI=1S/C17H23NO5/c1-22-14-4-2-3-12-9-13(10-23-15(12)14)16(20)18-7-5-17(21,11-19)6-8-18/h2-4,13,19,21H,5-11H2,1H3. The van der Waals surface area contributed by atoms with Crippen LogP contribution < -0.4 is 9.47 Å². The summed E-state index contributed by atoms with van der Waals surface area (Å²) in [5.74, 6) is 1.26. The van der Waals surface area contributed by atoms with Gasteiger partial charge in [-0.3, -0.25) is 4.79 Å². The van der Waals surface area contributed by atoms with E-state index in [0.717, 1.165) is 11.3 Å². The lowest BCUT2D eigenvalue weighted by atomic mass is 9.90. The van der Waals surface area contributed by atoms with Crippen molar-refractivity contribution in [3.8, 4) is 11.5 Å². The quantitative estimate of drug-likeness (QED) is 0.852. The molecule has 1 saturated heterocycles. The largest absolute Gasteiger partial charge is 0.493 e. The Morgan fingerprint density at radius 3 is 2.83 bits per heavy atom. The molecule has 2 aliphatic rings. The molecular formula is C17H23NO5. The number of hydrogen-bond acceptors (Lipinski definition) is 5. The highest BCUT2D eigenvalue weighted by Crippen LogP contribution is 2.36. The first-order chi connectivity index (χ1) is 11.1. The van der Waals surface area contributed by atoms with Crippen molar-refractivity contribution in [3.05, 3.63) is 23.8 Å². The van der Waals surface area contributed by atoms with Crippen molar-refractivity contribution in [1.82, 2.24) is 4.90 Å². The van der Waals surface area contributed by atoms with E-state index in [2.05, 4.69) is 0 Å². The second-order valence-electron chi connectivity index (χ2n) is 6.37. The lowest BCUT2D eigenvalue weighted by Crippen LogP contribution is -2.51. The first-order valence-corrected chi connectivity index (χ1v) is 7.97. The number of methoxy groups -OCH3 is 1. The molecule has 6 heteroatoms. The third-order valence-electron chi connectivity index (χ3n) is 4.82. The van der Waals surface area contributed by atoms with Crippen molar-refractivity contribution in [3.63, 3.8) is 0 Å². The van der Waals surface area contributed by atoms with Crippen LogP contribution in [0.2, 0.25) is 0 Å². The van der Waals surface area contributed by atoms with Crippen LogP contribution in [0.5, 0.6) is 11.5 Å². The van der Waals surface area contributed by atoms with Crippen molar-refractivity contribution in [2.24, 2.45) is 5.92 Å². The molecule has 1 fully saturated rings. The molecule has 3 rings (SSSR count). The number of fused-ring (bicyclic) bond motifs is 1. The number of piperidine rings is 1. The summed E-state index contributed by atoms with van der Waals surface area (Å²) < 4.78 is 11.1. The van der Waals surface area contributed by atoms with Crippen LogP contribution in [0.25, 0.3) is 0 Å². The number of nitrogens with zero attached hydrogens (tertiary/aromatic N) is 1. The second kappa shape index (κ2) is 6.37. The fourth-order valence-corrected chi connectivity index (χ4v) is 3.27. The molecule has 0 aliphatic carbocycles. The van der Waals surface area contributed by atoms with Crippen LogP contribution in [-0.4, -0.2) is 60.0 Å². The summed E-state index contributed by atoms with van der Waals surface area (Å²) in [5, 5.41) is 19.2. The maximum absolute atomic E-state index is 12.7. The van der Waals surface area contributed by atoms with Crippen molar-refractivity contribution in [2.45, 2.75) is 24.9 Å². The van der Waals surface area contributed by atoms with Crippen molar-refractivity contribution < 1.29 is 24.5 Å². The Bertz CT molecular complexity index is 580. The van der Waals surface area contributed by atoms with E-state index >= 15 is 0 Å². The minimum absolute atomic E-state index is 0.0541. The molecule has 0 spiro atoms. The molecule has 2 aliphatic heterocycles. The average Bonchev–Trinajstić information content (AvgIpc) is 2.60. The highest BCUT2D eigenvalue weighted by Gasteiger charge is 2.36. The normalized spacial score (nSPS) is 22.9. The van der Waals surface area contributed by atoms with Gasteiger partial charge in [-0.1, -0.05) is 12.1 Å². The van der Waals surface area contributed by atoms with E-state index in [1.165, 1.54) is 0 Å². The third-order valence-corrected chi connectivity index (χ3v) is 4.82. The number of aliphatic hydroxyl groups is 2. The number of aliphatic hydroxyl groups excluding tert-OH is 1. The molecule has 2 N–H and O–H groups in total. The van der Waals surface area contributed by atoms with Gasteiger partial charge in [0.05, 0.1) is 25.2 Å². The molecule has 1 amide bonds. The molecule has 2 heterocycles. The second-order valence-corrected chi connectivity index (χ2v) is 6.37. The van der Waals surface area contributed by atoms with E-state index in [1.807, 2.05) is 18.2 Å². The van der Waals surface area contributed by atoms with Crippen molar-refractivity contribution >= 4 is 5.91 Å². The van der Waals surface area contributed by atoms with Crippen molar-refractivity contribution in [1.29, 1.82) is 0 Å². The summed E-state index contributed by atoms with van der Waals surface area (Å²) in [6.45, 7) is 1.02. The number of benzene rings is 1. The molecular weight excluding hydrogens is 298 g/mol. The van der Waals surface area contributed by atoms with Gasteiger partial charge in [0.15, 0.2) is 11.5 Å². The Hall–Kier alpha value is -1.79. The highest BCUT2D eigenvalue weighted by molar-refractivity contribution is 5.80. The van der Waals surface area contributed by atoms with Crippen LogP contribution in [0, 0.1) is 5.92 Å². The van der Waals surface area contributed by atoms with E-state index in [-0.39, 0.29) is 18.4 Å². The fourth-order valence-electron chi connectivity index (χ4n) is 3.27. The molecule has 1 aromatic rings. The number of amides is 1. The predicted molar refractivity (Wildman–Crippen MR) is 83.5 cm³/mol. The summed E-state index contributed by atoms with van der Waals surface area (Å²) in [4.78, 5) is 14.5. The summed E-state index contributed by atoms with van der Waals surface area (Å²) in [6, 6.07) is 5.70. The van der Waals surface area contributed by atoms with Gasteiger partial charge in [0.25, 0.3) is 0 Å². The molecule has 1 aromatic carbocycles. The van der Waals surface area contributed by atoms with E-state index in [1.54, 1.807) is 12.0 Å². The first-order valence-electron chi connectivity index (χ1n) is 7.97. The van der Waals surface area contributed by atoms with Gasteiger partial charge in [0, 0.05) is 13.1 Å². The molecule has 0 radical (unpaired) electrons. The Labute approximate surface area is 135 Å². The van der Waals surface area contributed by atoms with E-state index in [9.17, 15) is 15.0 Å². The summed E-state index contributed by atoms with van der Waals surface area (Å²) in [6.07, 6.45) is 1.45. The smallest absolute Gasteiger partial charge is 0.229 e. The summed E-state index contributed by atoms with van der Waals surface area (Å²) in [5.41, 5.74) is -0.0578. The topological polar surface area (TPSA) is 79.2 Å². The fraction of sp³-hybridized carbons (Fsp3) is 0.588. The van der Waals surface area contributed by atoms with Crippen LogP contribution in [0.3, 0.4) is 0 Å². The van der Waals surface area contributed by atoms with Gasteiger partial charge in [-0.15, -0.1) is 0 Å². The minimum atomic E-state index is -1.04. The van der Waals surface area contributed by atoms with Gasteiger partial charge in [-0.25, -0.2) is 0 Å². The van der Waals surface area contributed by atoms with Crippen LogP contribution in [0.4, 0.5) is 0 Å². The monoisotopic (exact) mass is 321 g/mol. The van der Waals surface area contributed by atoms with Gasteiger partial charge in [-0.2, -0.15) is 0 Å². The molecule has 0 bridgehead atoms. The van der Waals surface area contributed by atoms with Crippen molar-refractivity contribution in [2.75, 3.05) is 33.4 Å². The van der Waals surface area contributed by atoms with E-state index in [0.29, 0.717) is 44.7 Å². The van der Waals surface area contributed by atoms with Crippen LogP contribution in [0.1, 0.15) is 18.4 Å². The van der Waals surface area contributed by atoms with Gasteiger partial charge in [0.2, 0.25) is 5.91 Å². The highest BCUT2D eigenvalue weighted by atomic mass is 16.5. The van der Waals surface area contributed by atoms with Gasteiger partial charge < -0.3 is 24.6 Å². The number of carbonyl (C=O) groups is 1. The average molecular weight is 321 g/mol. The van der Waals surface area contributed by atoms with Gasteiger partial charge in [0.1, 0.15) is 6.61 Å². The van der Waals surface area contributed by atoms with E-state index < -0.39 is 5.60 Å². The van der Waals surface area contributed by atoms with Gasteiger partial charge in [-0.05, 0) is 30.9 Å². The molecule has 1 unspecified atom stereocenters. The maximum Gasteiger partial charge on any atom is 0.229 e. The Morgan fingerprint density at radius 1 is 1.43 bits per heavy atom. The minimum Gasteiger partial charge on any atom is -0.493 e. The van der Waals surface area contributed by atoms with E-state index in [4.69, 9.17) is 9.47 Å². The number of ether oxygens (including phenoxy) is 2. The number of likely N-dealkylation sites (tertiary alicyclic amines) is 1. The zero-order chi connectivity index (χ0) is 16.4. The Morgan fingerprint density at radius 2 is 2.17 bits per heavy atom. The zero-order valence-corrected chi connectivity index (χ0v) is 13.3. The number of rotatable bonds is 3. The SMILES string of the molecule is COc1cccc2c1OCC(C(=O)N1CCC(O)(CO)CC1)C2. The third kappa shape index (κ3) is 3.14. The number of hydrogen-bond donors (Lipinski definition) is 2. The molecule has 1 atom stereocenters. The Kier molecular flexibility index (Phi) is 4.46. The molecule has 0 aromatic heterocycles. The summed E-state index contributed by atoms with van der Waals surface area (Å²) >= 11 is 0. The zero-order valence-electron chi connectivity index (χ0n) is 13.3. The molecule has 6 nitrogen and oxygen atoms in total. The molecule has 126 valence electrons. The first kappa shape index (κ1) is 16.1. The van der Waals surface area contributed by atoms with Crippen LogP contribution >= 0.6 is 0 Å².